The van der Waals surface area contributed by atoms with Crippen LogP contribution in [0.5, 0.6) is 0 Å². The predicted molar refractivity (Wildman–Crippen MR) is 58.3 cm³/mol. The second kappa shape index (κ2) is 3.20. The SMILES string of the molecule is Cc1nc(-c2cnc3n[nH]c(=S)n3c2)n[nH]1. The highest BCUT2D eigenvalue weighted by Crippen LogP contribution is 2.13. The molecule has 0 spiro atoms. The number of aryl methyl sites for hydroxylation is 1. The van der Waals surface area contributed by atoms with E-state index in [2.05, 4.69) is 30.4 Å². The van der Waals surface area contributed by atoms with Gasteiger partial charge in [0, 0.05) is 12.4 Å². The van der Waals surface area contributed by atoms with Crippen molar-refractivity contribution >= 4 is 18.0 Å². The number of hydrogen-bond acceptors (Lipinski definition) is 5. The van der Waals surface area contributed by atoms with E-state index in [1.54, 1.807) is 16.8 Å². The summed E-state index contributed by atoms with van der Waals surface area (Å²) in [6, 6.07) is 0. The van der Waals surface area contributed by atoms with E-state index in [-0.39, 0.29) is 0 Å². The fourth-order valence-electron chi connectivity index (χ4n) is 1.39. The van der Waals surface area contributed by atoms with Crippen molar-refractivity contribution in [1.29, 1.82) is 0 Å². The summed E-state index contributed by atoms with van der Waals surface area (Å²) in [6.45, 7) is 1.84. The van der Waals surface area contributed by atoms with Gasteiger partial charge in [0.2, 0.25) is 4.77 Å². The third-order valence-corrected chi connectivity index (χ3v) is 2.42. The highest BCUT2D eigenvalue weighted by molar-refractivity contribution is 7.71. The first-order valence-corrected chi connectivity index (χ1v) is 4.97. The van der Waals surface area contributed by atoms with Crippen LogP contribution in [0.25, 0.3) is 17.2 Å². The number of aromatic amines is 2. The van der Waals surface area contributed by atoms with E-state index >= 15 is 0 Å². The number of nitrogens with one attached hydrogen (secondary N) is 2. The number of nitrogens with zero attached hydrogens (tertiary/aromatic N) is 5. The molecule has 0 saturated carbocycles. The summed E-state index contributed by atoms with van der Waals surface area (Å²) >= 11 is 5.06. The molecular weight excluding hydrogens is 226 g/mol. The van der Waals surface area contributed by atoms with Crippen molar-refractivity contribution in [1.82, 2.24) is 34.8 Å². The van der Waals surface area contributed by atoms with E-state index in [1.807, 2.05) is 6.92 Å². The number of rotatable bonds is 1. The normalized spacial score (nSPS) is 11.1. The standard InChI is InChI=1S/C8H7N7S/c1-4-10-6(12-11-4)5-2-9-7-13-14-8(16)15(7)3-5/h2-3H,1H3,(H,14,16)(H,10,11,12). The number of H-pyrrole nitrogens is 2. The van der Waals surface area contributed by atoms with Gasteiger partial charge in [-0.25, -0.2) is 15.1 Å². The lowest BCUT2D eigenvalue weighted by atomic mass is 10.3. The Morgan fingerprint density at radius 3 is 2.94 bits per heavy atom. The van der Waals surface area contributed by atoms with Gasteiger partial charge in [-0.05, 0) is 19.1 Å². The average Bonchev–Trinajstić information content (AvgIpc) is 2.86. The molecule has 16 heavy (non-hydrogen) atoms. The Hall–Kier alpha value is -2.09. The van der Waals surface area contributed by atoms with Gasteiger partial charge in [0.25, 0.3) is 5.78 Å². The minimum Gasteiger partial charge on any atom is -0.263 e. The Morgan fingerprint density at radius 2 is 2.19 bits per heavy atom. The van der Waals surface area contributed by atoms with Crippen molar-refractivity contribution in [2.75, 3.05) is 0 Å². The fraction of sp³-hybridized carbons (Fsp3) is 0.125. The van der Waals surface area contributed by atoms with E-state index in [0.29, 0.717) is 16.4 Å². The number of aromatic nitrogens is 7. The molecule has 0 atom stereocenters. The topological polar surface area (TPSA) is 87.6 Å². The Morgan fingerprint density at radius 1 is 1.31 bits per heavy atom. The molecule has 0 aliphatic carbocycles. The second-order valence-corrected chi connectivity index (χ2v) is 3.67. The van der Waals surface area contributed by atoms with Crippen LogP contribution in [0, 0.1) is 11.7 Å². The molecule has 0 radical (unpaired) electrons. The molecule has 0 aromatic carbocycles. The number of fused-ring (bicyclic) bond motifs is 1. The van der Waals surface area contributed by atoms with Crippen LogP contribution >= 0.6 is 12.2 Å². The van der Waals surface area contributed by atoms with Crippen molar-refractivity contribution in [3.8, 4) is 11.4 Å². The summed E-state index contributed by atoms with van der Waals surface area (Å²) in [7, 11) is 0. The molecule has 2 N–H and O–H groups in total. The fourth-order valence-corrected chi connectivity index (χ4v) is 1.57. The predicted octanol–water partition coefficient (Wildman–Crippen LogP) is 0.880. The molecule has 0 unspecified atom stereocenters. The molecule has 0 aliphatic heterocycles. The van der Waals surface area contributed by atoms with Crippen molar-refractivity contribution < 1.29 is 0 Å². The summed E-state index contributed by atoms with van der Waals surface area (Å²) in [4.78, 5) is 8.36. The lowest BCUT2D eigenvalue weighted by molar-refractivity contribution is 1.03. The summed E-state index contributed by atoms with van der Waals surface area (Å²) in [5, 5.41) is 13.4. The van der Waals surface area contributed by atoms with Gasteiger partial charge in [-0.3, -0.25) is 9.50 Å². The third-order valence-electron chi connectivity index (χ3n) is 2.13. The minimum atomic E-state index is 0.497. The van der Waals surface area contributed by atoms with Gasteiger partial charge in [-0.15, -0.1) is 5.10 Å². The van der Waals surface area contributed by atoms with Gasteiger partial charge >= 0.3 is 0 Å². The summed E-state index contributed by atoms with van der Waals surface area (Å²) in [5.41, 5.74) is 0.786. The molecule has 7 nitrogen and oxygen atoms in total. The van der Waals surface area contributed by atoms with E-state index < -0.39 is 0 Å². The third kappa shape index (κ3) is 1.31. The van der Waals surface area contributed by atoms with E-state index in [9.17, 15) is 0 Å². The van der Waals surface area contributed by atoms with Crippen molar-refractivity contribution in [3.05, 3.63) is 23.0 Å². The molecular formula is C8H7N7S. The Bertz CT molecular complexity index is 706. The quantitative estimate of drug-likeness (QED) is 0.609. The van der Waals surface area contributed by atoms with Gasteiger partial charge in [-0.1, -0.05) is 0 Å². The molecule has 0 aliphatic rings. The summed E-state index contributed by atoms with van der Waals surface area (Å²) in [5.74, 6) is 1.88. The first-order valence-electron chi connectivity index (χ1n) is 4.56. The first-order chi connectivity index (χ1) is 7.74. The smallest absolute Gasteiger partial charge is 0.253 e. The van der Waals surface area contributed by atoms with Crippen molar-refractivity contribution in [3.63, 3.8) is 0 Å². The Kier molecular flexibility index (Phi) is 1.83. The van der Waals surface area contributed by atoms with Crippen LogP contribution in [0.15, 0.2) is 12.4 Å². The summed E-state index contributed by atoms with van der Waals surface area (Å²) < 4.78 is 2.17. The Labute approximate surface area is 94.6 Å². The molecule has 0 amide bonds. The van der Waals surface area contributed by atoms with Crippen LogP contribution in [-0.4, -0.2) is 34.8 Å². The highest BCUT2D eigenvalue weighted by atomic mass is 32.1. The Balaban J connectivity index is 2.25. The lowest BCUT2D eigenvalue weighted by Gasteiger charge is -1.95. The van der Waals surface area contributed by atoms with Crippen LogP contribution in [0.3, 0.4) is 0 Å². The molecule has 0 bridgehead atoms. The van der Waals surface area contributed by atoms with Gasteiger partial charge in [0.05, 0.1) is 5.56 Å². The molecule has 3 heterocycles. The zero-order valence-electron chi connectivity index (χ0n) is 8.30. The molecule has 8 heteroatoms. The van der Waals surface area contributed by atoms with E-state index in [4.69, 9.17) is 12.2 Å². The molecule has 0 fully saturated rings. The zero-order valence-corrected chi connectivity index (χ0v) is 9.12. The maximum atomic E-state index is 5.06. The van der Waals surface area contributed by atoms with Gasteiger partial charge < -0.3 is 0 Å². The van der Waals surface area contributed by atoms with Gasteiger partial charge in [0.15, 0.2) is 5.82 Å². The largest absolute Gasteiger partial charge is 0.263 e. The van der Waals surface area contributed by atoms with E-state index in [1.165, 1.54) is 0 Å². The second-order valence-electron chi connectivity index (χ2n) is 3.29. The molecule has 3 rings (SSSR count). The van der Waals surface area contributed by atoms with Crippen LogP contribution in [-0.2, 0) is 0 Å². The van der Waals surface area contributed by atoms with Gasteiger partial charge in [-0.2, -0.15) is 5.10 Å². The minimum absolute atomic E-state index is 0.497. The van der Waals surface area contributed by atoms with Crippen LogP contribution < -0.4 is 0 Å². The molecule has 3 aromatic rings. The highest BCUT2D eigenvalue weighted by Gasteiger charge is 2.06. The lowest BCUT2D eigenvalue weighted by Crippen LogP contribution is -1.91. The van der Waals surface area contributed by atoms with Crippen LogP contribution in [0.4, 0.5) is 0 Å². The first kappa shape index (κ1) is 9.16. The maximum Gasteiger partial charge on any atom is 0.253 e. The van der Waals surface area contributed by atoms with Crippen LogP contribution in [0.1, 0.15) is 5.82 Å². The van der Waals surface area contributed by atoms with Crippen molar-refractivity contribution in [2.45, 2.75) is 6.92 Å². The zero-order chi connectivity index (χ0) is 11.1. The number of hydrogen-bond donors (Lipinski definition) is 2. The molecule has 80 valence electrons. The summed E-state index contributed by atoms with van der Waals surface area (Å²) in [6.07, 6.45) is 3.46. The van der Waals surface area contributed by atoms with Gasteiger partial charge in [0.1, 0.15) is 5.82 Å². The van der Waals surface area contributed by atoms with Crippen molar-refractivity contribution in [2.24, 2.45) is 0 Å². The molecule has 3 aromatic heterocycles. The van der Waals surface area contributed by atoms with Crippen LogP contribution in [0.2, 0.25) is 0 Å². The maximum absolute atomic E-state index is 5.06. The monoisotopic (exact) mass is 233 g/mol. The van der Waals surface area contributed by atoms with E-state index in [0.717, 1.165) is 11.4 Å². The molecule has 0 saturated heterocycles. The average molecular weight is 233 g/mol.